The number of hydrogen-bond donors (Lipinski definition) is 2. The molecule has 2 rings (SSSR count). The normalized spacial score (nSPS) is 10.1. The van der Waals surface area contributed by atoms with Gasteiger partial charge in [0.2, 0.25) is 5.91 Å². The van der Waals surface area contributed by atoms with Gasteiger partial charge in [-0.3, -0.25) is 4.79 Å². The van der Waals surface area contributed by atoms with E-state index in [0.717, 1.165) is 16.8 Å². The van der Waals surface area contributed by atoms with Crippen molar-refractivity contribution in [1.29, 1.82) is 0 Å². The molecule has 0 bridgehead atoms. The average Bonchev–Trinajstić information content (AvgIpc) is 2.45. The molecule has 0 saturated heterocycles. The molecule has 114 valence electrons. The van der Waals surface area contributed by atoms with Crippen LogP contribution in [0.3, 0.4) is 0 Å². The predicted octanol–water partition coefficient (Wildman–Crippen LogP) is 4.36. The van der Waals surface area contributed by atoms with Gasteiger partial charge in [-0.25, -0.2) is 0 Å². The van der Waals surface area contributed by atoms with Crippen LogP contribution < -0.4 is 10.6 Å². The van der Waals surface area contributed by atoms with E-state index in [2.05, 4.69) is 10.6 Å². The largest absolute Gasteiger partial charge is 0.332 e. The molecule has 2 N–H and O–H groups in total. The third-order valence-electron chi connectivity index (χ3n) is 2.98. The van der Waals surface area contributed by atoms with Crippen molar-refractivity contribution in [1.82, 2.24) is 5.32 Å². The number of benzene rings is 2. The van der Waals surface area contributed by atoms with E-state index in [1.165, 1.54) is 0 Å². The zero-order valence-corrected chi connectivity index (χ0v) is 14.1. The molecular formula is C16H14Cl2N2OS. The summed E-state index contributed by atoms with van der Waals surface area (Å²) in [6.45, 7) is 1.93. The van der Waals surface area contributed by atoms with Crippen molar-refractivity contribution in [2.24, 2.45) is 0 Å². The van der Waals surface area contributed by atoms with E-state index in [0.29, 0.717) is 10.0 Å². The monoisotopic (exact) mass is 352 g/mol. The van der Waals surface area contributed by atoms with Gasteiger partial charge in [-0.05, 0) is 54.5 Å². The van der Waals surface area contributed by atoms with Gasteiger partial charge in [0.1, 0.15) is 0 Å². The summed E-state index contributed by atoms with van der Waals surface area (Å²) in [5, 5.41) is 7.09. The van der Waals surface area contributed by atoms with Gasteiger partial charge in [-0.2, -0.15) is 0 Å². The van der Waals surface area contributed by atoms with E-state index in [1.807, 2.05) is 13.0 Å². The van der Waals surface area contributed by atoms with Crippen molar-refractivity contribution in [2.75, 3.05) is 5.32 Å². The van der Waals surface area contributed by atoms with E-state index in [9.17, 15) is 4.79 Å². The Morgan fingerprint density at radius 2 is 1.73 bits per heavy atom. The third-order valence-corrected chi connectivity index (χ3v) is 3.67. The molecule has 0 unspecified atom stereocenters. The number of carbonyl (C=O) groups excluding carboxylic acids is 1. The molecule has 0 atom stereocenters. The maximum Gasteiger partial charge on any atom is 0.230 e. The second-order valence-corrected chi connectivity index (χ2v) is 6.05. The fourth-order valence-electron chi connectivity index (χ4n) is 1.84. The van der Waals surface area contributed by atoms with Crippen molar-refractivity contribution >= 4 is 52.1 Å². The standard InChI is InChI=1S/C16H14Cl2N2OS/c1-10-2-5-13(18)9-14(10)19-16(22)20-15(21)8-11-3-6-12(17)7-4-11/h2-7,9H,8H2,1H3,(H2,19,20,21,22). The number of rotatable bonds is 3. The smallest absolute Gasteiger partial charge is 0.230 e. The summed E-state index contributed by atoms with van der Waals surface area (Å²) in [5.74, 6) is -0.195. The van der Waals surface area contributed by atoms with E-state index in [1.54, 1.807) is 36.4 Å². The average molecular weight is 353 g/mol. The van der Waals surface area contributed by atoms with Gasteiger partial charge in [0.25, 0.3) is 0 Å². The minimum absolute atomic E-state index is 0.195. The molecule has 0 radical (unpaired) electrons. The lowest BCUT2D eigenvalue weighted by Gasteiger charge is -2.12. The van der Waals surface area contributed by atoms with Gasteiger partial charge in [-0.15, -0.1) is 0 Å². The molecule has 2 aromatic carbocycles. The molecule has 2 aromatic rings. The highest BCUT2D eigenvalue weighted by Crippen LogP contribution is 2.20. The maximum atomic E-state index is 12.0. The second-order valence-electron chi connectivity index (χ2n) is 4.76. The van der Waals surface area contributed by atoms with E-state index >= 15 is 0 Å². The Morgan fingerprint density at radius 3 is 2.41 bits per heavy atom. The van der Waals surface area contributed by atoms with Crippen LogP contribution in [0.1, 0.15) is 11.1 Å². The summed E-state index contributed by atoms with van der Waals surface area (Å²) in [7, 11) is 0. The number of halogens is 2. The number of aryl methyl sites for hydroxylation is 1. The highest BCUT2D eigenvalue weighted by atomic mass is 35.5. The highest BCUT2D eigenvalue weighted by Gasteiger charge is 2.07. The summed E-state index contributed by atoms with van der Waals surface area (Å²) >= 11 is 16.9. The molecule has 0 saturated carbocycles. The lowest BCUT2D eigenvalue weighted by molar-refractivity contribution is -0.119. The molecular weight excluding hydrogens is 339 g/mol. The van der Waals surface area contributed by atoms with Crippen molar-refractivity contribution in [2.45, 2.75) is 13.3 Å². The van der Waals surface area contributed by atoms with Crippen LogP contribution in [0.5, 0.6) is 0 Å². The molecule has 6 heteroatoms. The molecule has 0 aliphatic carbocycles. The van der Waals surface area contributed by atoms with Crippen LogP contribution in [0, 0.1) is 6.92 Å². The Labute approximate surface area is 144 Å². The summed E-state index contributed by atoms with van der Waals surface area (Å²) in [5.41, 5.74) is 2.62. The first-order chi connectivity index (χ1) is 10.4. The zero-order valence-electron chi connectivity index (χ0n) is 11.8. The molecule has 0 spiro atoms. The van der Waals surface area contributed by atoms with Gasteiger partial charge >= 0.3 is 0 Å². The predicted molar refractivity (Wildman–Crippen MR) is 95.7 cm³/mol. The zero-order chi connectivity index (χ0) is 16.1. The first kappa shape index (κ1) is 16.7. The summed E-state index contributed by atoms with van der Waals surface area (Å²) in [6, 6.07) is 12.5. The summed E-state index contributed by atoms with van der Waals surface area (Å²) in [4.78, 5) is 12.0. The number of hydrogen-bond acceptors (Lipinski definition) is 2. The minimum atomic E-state index is -0.195. The van der Waals surface area contributed by atoms with Crippen LogP contribution in [-0.2, 0) is 11.2 Å². The Hall–Kier alpha value is -1.62. The van der Waals surface area contributed by atoms with Crippen LogP contribution in [0.25, 0.3) is 0 Å². The number of anilines is 1. The quantitative estimate of drug-likeness (QED) is 0.806. The minimum Gasteiger partial charge on any atom is -0.332 e. The summed E-state index contributed by atoms with van der Waals surface area (Å²) < 4.78 is 0. The fraction of sp³-hybridized carbons (Fsp3) is 0.125. The van der Waals surface area contributed by atoms with Crippen LogP contribution in [0.4, 0.5) is 5.69 Å². The molecule has 0 aliphatic heterocycles. The molecule has 0 aromatic heterocycles. The Balaban J connectivity index is 1.92. The SMILES string of the molecule is Cc1ccc(Cl)cc1NC(=S)NC(=O)Cc1ccc(Cl)cc1. The maximum absolute atomic E-state index is 12.0. The van der Waals surface area contributed by atoms with E-state index in [4.69, 9.17) is 35.4 Å². The van der Waals surface area contributed by atoms with E-state index < -0.39 is 0 Å². The lowest BCUT2D eigenvalue weighted by Crippen LogP contribution is -2.35. The van der Waals surface area contributed by atoms with Crippen LogP contribution in [-0.4, -0.2) is 11.0 Å². The topological polar surface area (TPSA) is 41.1 Å². The molecule has 22 heavy (non-hydrogen) atoms. The molecule has 3 nitrogen and oxygen atoms in total. The Morgan fingerprint density at radius 1 is 1.09 bits per heavy atom. The fourth-order valence-corrected chi connectivity index (χ4v) is 2.36. The van der Waals surface area contributed by atoms with Crippen molar-refractivity contribution in [3.8, 4) is 0 Å². The second kappa shape index (κ2) is 7.58. The number of amides is 1. The van der Waals surface area contributed by atoms with Crippen molar-refractivity contribution in [3.63, 3.8) is 0 Å². The highest BCUT2D eigenvalue weighted by molar-refractivity contribution is 7.80. The lowest BCUT2D eigenvalue weighted by atomic mass is 10.1. The van der Waals surface area contributed by atoms with Crippen LogP contribution in [0.15, 0.2) is 42.5 Å². The third kappa shape index (κ3) is 4.98. The molecule has 1 amide bonds. The van der Waals surface area contributed by atoms with Gasteiger partial charge < -0.3 is 10.6 Å². The molecule has 0 fully saturated rings. The first-order valence-corrected chi connectivity index (χ1v) is 7.72. The Bertz CT molecular complexity index is 702. The van der Waals surface area contributed by atoms with Gasteiger partial charge in [0.15, 0.2) is 5.11 Å². The Kier molecular flexibility index (Phi) is 5.77. The number of thiocarbonyl (C=S) groups is 1. The molecule has 0 heterocycles. The van der Waals surface area contributed by atoms with Crippen LogP contribution in [0.2, 0.25) is 10.0 Å². The van der Waals surface area contributed by atoms with Crippen LogP contribution >= 0.6 is 35.4 Å². The van der Waals surface area contributed by atoms with Crippen molar-refractivity contribution < 1.29 is 4.79 Å². The summed E-state index contributed by atoms with van der Waals surface area (Å²) in [6.07, 6.45) is 0.230. The number of carbonyl (C=O) groups is 1. The first-order valence-electron chi connectivity index (χ1n) is 6.55. The van der Waals surface area contributed by atoms with Gasteiger partial charge in [0.05, 0.1) is 6.42 Å². The van der Waals surface area contributed by atoms with Gasteiger partial charge in [-0.1, -0.05) is 41.4 Å². The van der Waals surface area contributed by atoms with Gasteiger partial charge in [0, 0.05) is 15.7 Å². The molecule has 0 aliphatic rings. The van der Waals surface area contributed by atoms with Crippen molar-refractivity contribution in [3.05, 3.63) is 63.6 Å². The number of nitrogens with one attached hydrogen (secondary N) is 2. The van der Waals surface area contributed by atoms with E-state index in [-0.39, 0.29) is 17.4 Å².